The summed E-state index contributed by atoms with van der Waals surface area (Å²) in [6, 6.07) is 4.12. The van der Waals surface area contributed by atoms with E-state index in [1.165, 1.54) is 12.0 Å². The Bertz CT molecular complexity index is 1550. The van der Waals surface area contributed by atoms with Crippen LogP contribution < -0.4 is 34.9 Å². The number of hydrogen-bond acceptors (Lipinski definition) is 14. The van der Waals surface area contributed by atoms with E-state index in [0.717, 1.165) is 55.0 Å². The van der Waals surface area contributed by atoms with Gasteiger partial charge >= 0.3 is 24.0 Å². The number of ether oxygens (including phenoxy) is 5. The highest BCUT2D eigenvalue weighted by Crippen LogP contribution is 2.40. The van der Waals surface area contributed by atoms with Crippen molar-refractivity contribution >= 4 is 58.7 Å². The van der Waals surface area contributed by atoms with Crippen molar-refractivity contribution in [3.63, 3.8) is 0 Å². The van der Waals surface area contributed by atoms with Crippen molar-refractivity contribution in [2.24, 2.45) is 0 Å². The Morgan fingerprint density at radius 1 is 0.915 bits per heavy atom. The average Bonchev–Trinajstić information content (AvgIpc) is 3.20. The largest absolute Gasteiger partial charge is 0.473 e. The second-order valence-corrected chi connectivity index (χ2v) is 10.2. The topological polar surface area (TPSA) is 175 Å². The van der Waals surface area contributed by atoms with Gasteiger partial charge in [-0.1, -0.05) is 0 Å². The predicted molar refractivity (Wildman–Crippen MR) is 159 cm³/mol. The molecular weight excluding hydrogens is 652 g/mol. The van der Waals surface area contributed by atoms with Gasteiger partial charge in [-0.3, -0.25) is 34.3 Å². The molecule has 1 atom stereocenters. The van der Waals surface area contributed by atoms with E-state index in [1.54, 1.807) is 0 Å². The summed E-state index contributed by atoms with van der Waals surface area (Å²) < 4.78 is 55.9. The number of thiocarbonyl (C=S) groups is 1. The molecule has 0 aliphatic carbocycles. The number of methoxy groups -OCH3 is 1. The molecule has 0 spiro atoms. The number of cyclic esters (lactones) is 1. The number of carbonyl (C=O) groups excluding carboxylic acids is 5. The fraction of sp³-hybridized carbons (Fsp3) is 0.357. The first-order valence-electron chi connectivity index (χ1n) is 13.8. The van der Waals surface area contributed by atoms with Crippen molar-refractivity contribution in [1.82, 2.24) is 15.9 Å². The number of nitrogens with zero attached hydrogens (tertiary/aromatic N) is 3. The first kappa shape index (κ1) is 34.7. The number of hydrogen-bond donors (Lipinski definition) is 2. The van der Waals surface area contributed by atoms with Gasteiger partial charge in [0.2, 0.25) is 5.75 Å². The lowest BCUT2D eigenvalue weighted by Crippen LogP contribution is -2.46. The first-order chi connectivity index (χ1) is 22.3. The standard InChI is InChI=1S/C28H29F2N5O11S/c1-14(36)43-21-9-17(10-22(44-15(2)37)25(21)45-16(3)38)26(39)35-6-5-33(7-8-42-35)24-19(29)11-18(12-20(24)30)34-13-23(46-28(34)40)31-32-27(47)41-4/h9-12,23,31H,5-8,13H2,1-4H3,(H,32,47). The van der Waals surface area contributed by atoms with Crippen molar-refractivity contribution < 1.29 is 61.3 Å². The Morgan fingerprint density at radius 3 is 2.06 bits per heavy atom. The van der Waals surface area contributed by atoms with Crippen molar-refractivity contribution in [2.45, 2.75) is 27.0 Å². The molecule has 47 heavy (non-hydrogen) atoms. The van der Waals surface area contributed by atoms with Gasteiger partial charge in [-0.25, -0.2) is 18.6 Å². The van der Waals surface area contributed by atoms with Gasteiger partial charge in [0, 0.05) is 51.6 Å². The van der Waals surface area contributed by atoms with E-state index in [2.05, 4.69) is 10.9 Å². The van der Waals surface area contributed by atoms with E-state index in [4.69, 9.17) is 40.7 Å². The average molecular weight is 682 g/mol. The number of anilines is 2. The van der Waals surface area contributed by atoms with Crippen molar-refractivity contribution in [2.75, 3.05) is 49.7 Å². The van der Waals surface area contributed by atoms with E-state index in [9.17, 15) is 24.0 Å². The van der Waals surface area contributed by atoms with Gasteiger partial charge < -0.3 is 28.6 Å². The summed E-state index contributed by atoms with van der Waals surface area (Å²) in [5.74, 6) is -6.40. The minimum atomic E-state index is -0.985. The molecule has 2 aromatic rings. The van der Waals surface area contributed by atoms with Gasteiger partial charge in [0.25, 0.3) is 11.1 Å². The second-order valence-electron chi connectivity index (χ2n) is 9.81. The minimum Gasteiger partial charge on any atom is -0.473 e. The summed E-state index contributed by atoms with van der Waals surface area (Å²) in [7, 11) is 1.33. The van der Waals surface area contributed by atoms with Crippen LogP contribution in [0.15, 0.2) is 24.3 Å². The number of halogens is 2. The lowest BCUT2D eigenvalue weighted by Gasteiger charge is -2.24. The van der Waals surface area contributed by atoms with E-state index in [1.807, 2.05) is 0 Å². The second kappa shape index (κ2) is 15.0. The lowest BCUT2D eigenvalue weighted by atomic mass is 10.1. The van der Waals surface area contributed by atoms with Gasteiger partial charge in [-0.05, 0) is 24.4 Å². The molecule has 2 aliphatic rings. The first-order valence-corrected chi connectivity index (χ1v) is 14.2. The summed E-state index contributed by atoms with van der Waals surface area (Å²) in [6.45, 7) is 2.58. The van der Waals surface area contributed by atoms with Crippen molar-refractivity contribution in [1.29, 1.82) is 0 Å². The molecule has 4 rings (SSSR count). The third-order valence-electron chi connectivity index (χ3n) is 6.39. The highest BCUT2D eigenvalue weighted by Gasteiger charge is 2.34. The minimum absolute atomic E-state index is 0.0155. The number of nitrogens with one attached hydrogen (secondary N) is 2. The lowest BCUT2D eigenvalue weighted by molar-refractivity contribution is -0.135. The smallest absolute Gasteiger partial charge is 0.416 e. The number of hydroxylamine groups is 2. The fourth-order valence-corrected chi connectivity index (χ4v) is 4.59. The number of esters is 3. The molecule has 1 unspecified atom stereocenters. The van der Waals surface area contributed by atoms with Crippen LogP contribution in [0.3, 0.4) is 0 Å². The number of carbonyl (C=O) groups is 5. The number of benzene rings is 2. The molecule has 2 fully saturated rings. The maximum Gasteiger partial charge on any atom is 0.416 e. The zero-order chi connectivity index (χ0) is 34.4. The molecule has 0 radical (unpaired) electrons. The van der Waals surface area contributed by atoms with E-state index in [-0.39, 0.29) is 60.7 Å². The Balaban J connectivity index is 1.52. The molecular formula is C28H29F2N5O11S. The van der Waals surface area contributed by atoms with Gasteiger partial charge in [0.1, 0.15) is 5.69 Å². The third kappa shape index (κ3) is 8.57. The molecule has 16 nitrogen and oxygen atoms in total. The highest BCUT2D eigenvalue weighted by molar-refractivity contribution is 7.80. The van der Waals surface area contributed by atoms with Crippen molar-refractivity contribution in [3.05, 3.63) is 41.5 Å². The maximum absolute atomic E-state index is 15.4. The quantitative estimate of drug-likeness (QED) is 0.179. The molecule has 2 aromatic carbocycles. The molecule has 2 aliphatic heterocycles. The van der Waals surface area contributed by atoms with Gasteiger partial charge in [-0.2, -0.15) is 5.43 Å². The van der Waals surface area contributed by atoms with Gasteiger partial charge in [0.15, 0.2) is 29.4 Å². The van der Waals surface area contributed by atoms with Crippen LogP contribution in [0, 0.1) is 11.6 Å². The Hall–Kier alpha value is -5.14. The summed E-state index contributed by atoms with van der Waals surface area (Å²) >= 11 is 4.83. The SMILES string of the molecule is COC(=S)NNC1CN(c2cc(F)c(N3CCON(C(=O)c4cc(OC(C)=O)c(OC(C)=O)c(OC(C)=O)c4)CC3)c(F)c2)C(=O)O1. The highest BCUT2D eigenvalue weighted by atomic mass is 32.1. The van der Waals surface area contributed by atoms with Crippen LogP contribution in [0.25, 0.3) is 0 Å². The molecule has 252 valence electrons. The summed E-state index contributed by atoms with van der Waals surface area (Å²) in [5, 5.41) is 0.898. The normalized spacial score (nSPS) is 16.2. The van der Waals surface area contributed by atoms with Gasteiger partial charge in [-0.15, -0.1) is 0 Å². The Morgan fingerprint density at radius 2 is 1.51 bits per heavy atom. The molecule has 0 bridgehead atoms. The van der Waals surface area contributed by atoms with Gasteiger partial charge in [0.05, 0.1) is 32.5 Å². The molecule has 0 saturated carbocycles. The molecule has 2 amide bonds. The van der Waals surface area contributed by atoms with Crippen LogP contribution in [0.1, 0.15) is 31.1 Å². The predicted octanol–water partition coefficient (Wildman–Crippen LogP) is 1.94. The summed E-state index contributed by atoms with van der Waals surface area (Å²) in [4.78, 5) is 68.9. The molecule has 2 heterocycles. The fourth-order valence-electron chi connectivity index (χ4n) is 4.53. The monoisotopic (exact) mass is 681 g/mol. The van der Waals surface area contributed by atoms with Crippen LogP contribution in [-0.4, -0.2) is 86.3 Å². The maximum atomic E-state index is 15.4. The Kier molecular flexibility index (Phi) is 11.1. The van der Waals surface area contributed by atoms with Crippen LogP contribution in [0.5, 0.6) is 17.2 Å². The molecule has 19 heteroatoms. The molecule has 2 saturated heterocycles. The van der Waals surface area contributed by atoms with E-state index >= 15 is 8.78 Å². The van der Waals surface area contributed by atoms with Crippen LogP contribution in [0.4, 0.5) is 25.0 Å². The van der Waals surface area contributed by atoms with Crippen molar-refractivity contribution in [3.8, 4) is 17.2 Å². The van der Waals surface area contributed by atoms with E-state index in [0.29, 0.717) is 0 Å². The van der Waals surface area contributed by atoms with Crippen LogP contribution >= 0.6 is 12.2 Å². The summed E-state index contributed by atoms with van der Waals surface area (Å²) in [5.41, 5.74) is 4.42. The van der Waals surface area contributed by atoms with E-state index < -0.39 is 59.2 Å². The number of rotatable bonds is 8. The Labute approximate surface area is 271 Å². The zero-order valence-corrected chi connectivity index (χ0v) is 26.2. The third-order valence-corrected chi connectivity index (χ3v) is 6.66. The summed E-state index contributed by atoms with van der Waals surface area (Å²) in [6.07, 6.45) is -1.76. The molecule has 2 N–H and O–H groups in total. The number of amides is 2. The van der Waals surface area contributed by atoms with Crippen LogP contribution in [0.2, 0.25) is 0 Å². The number of hydrazine groups is 1. The zero-order valence-electron chi connectivity index (χ0n) is 25.4. The van der Waals surface area contributed by atoms with Crippen LogP contribution in [-0.2, 0) is 28.7 Å². The molecule has 0 aromatic heterocycles.